The van der Waals surface area contributed by atoms with E-state index in [4.69, 9.17) is 9.84 Å². The van der Waals surface area contributed by atoms with Gasteiger partial charge in [0.1, 0.15) is 18.9 Å². The maximum Gasteiger partial charge on any atom is 0.408 e. The molecular formula is C13H15NO5. The lowest BCUT2D eigenvalue weighted by Gasteiger charge is -2.13. The first-order valence-corrected chi connectivity index (χ1v) is 5.77. The number of carbonyl (C=O) groups excluding carboxylic acids is 2. The summed E-state index contributed by atoms with van der Waals surface area (Å²) in [6, 6.07) is 7.90. The number of aldehydes is 1. The van der Waals surface area contributed by atoms with Gasteiger partial charge in [0.25, 0.3) is 0 Å². The zero-order valence-electron chi connectivity index (χ0n) is 10.2. The van der Waals surface area contributed by atoms with Crippen molar-refractivity contribution in [2.24, 2.45) is 0 Å². The minimum atomic E-state index is -1.20. The highest BCUT2D eigenvalue weighted by atomic mass is 16.5. The molecule has 0 aliphatic rings. The summed E-state index contributed by atoms with van der Waals surface area (Å²) in [6.45, 7) is 0.0622. The lowest BCUT2D eigenvalue weighted by atomic mass is 10.2. The number of hydrogen-bond donors (Lipinski definition) is 2. The molecule has 6 nitrogen and oxygen atoms in total. The van der Waals surface area contributed by atoms with Crippen molar-refractivity contribution in [1.82, 2.24) is 5.32 Å². The fourth-order valence-corrected chi connectivity index (χ4v) is 1.40. The molecule has 1 aromatic carbocycles. The van der Waals surface area contributed by atoms with E-state index in [1.165, 1.54) is 0 Å². The van der Waals surface area contributed by atoms with Crippen LogP contribution in [0.3, 0.4) is 0 Å². The predicted molar refractivity (Wildman–Crippen MR) is 66.5 cm³/mol. The summed E-state index contributed by atoms with van der Waals surface area (Å²) in [6.07, 6.45) is -0.107. The number of carboxylic acid groups (broad SMARTS) is 1. The van der Waals surface area contributed by atoms with Gasteiger partial charge < -0.3 is 20.0 Å². The smallest absolute Gasteiger partial charge is 0.408 e. The monoisotopic (exact) mass is 265 g/mol. The Morgan fingerprint density at radius 2 is 2.00 bits per heavy atom. The van der Waals surface area contributed by atoms with Gasteiger partial charge in [-0.3, -0.25) is 0 Å². The first-order chi connectivity index (χ1) is 9.13. The quantitative estimate of drug-likeness (QED) is 0.726. The van der Waals surface area contributed by atoms with Crippen LogP contribution in [-0.2, 0) is 20.9 Å². The van der Waals surface area contributed by atoms with Crippen LogP contribution in [0.15, 0.2) is 30.3 Å². The highest BCUT2D eigenvalue weighted by Crippen LogP contribution is 2.02. The number of benzene rings is 1. The first kappa shape index (κ1) is 14.7. The van der Waals surface area contributed by atoms with Crippen molar-refractivity contribution in [2.75, 3.05) is 0 Å². The molecule has 0 spiro atoms. The molecule has 0 aliphatic heterocycles. The van der Waals surface area contributed by atoms with Crippen molar-refractivity contribution < 1.29 is 24.2 Å². The van der Waals surface area contributed by atoms with Crippen molar-refractivity contribution in [3.8, 4) is 0 Å². The molecule has 0 aliphatic carbocycles. The van der Waals surface area contributed by atoms with Gasteiger partial charge in [0.05, 0.1) is 0 Å². The van der Waals surface area contributed by atoms with Crippen LogP contribution in [0, 0.1) is 0 Å². The normalized spacial score (nSPS) is 11.4. The number of rotatable bonds is 7. The third-order valence-corrected chi connectivity index (χ3v) is 2.38. The number of amides is 1. The summed E-state index contributed by atoms with van der Waals surface area (Å²) in [4.78, 5) is 32.4. The maximum absolute atomic E-state index is 11.4. The van der Waals surface area contributed by atoms with Gasteiger partial charge >= 0.3 is 12.1 Å². The summed E-state index contributed by atoms with van der Waals surface area (Å²) in [5, 5.41) is 11.0. The second-order valence-electron chi connectivity index (χ2n) is 3.84. The van der Waals surface area contributed by atoms with Crippen LogP contribution >= 0.6 is 0 Å². The number of ether oxygens (including phenoxy) is 1. The molecule has 0 aromatic heterocycles. The molecule has 0 heterocycles. The average Bonchev–Trinajstić information content (AvgIpc) is 2.42. The molecule has 1 atom stereocenters. The molecule has 19 heavy (non-hydrogen) atoms. The van der Waals surface area contributed by atoms with Crippen LogP contribution < -0.4 is 5.32 Å². The summed E-state index contributed by atoms with van der Waals surface area (Å²) < 4.78 is 4.89. The second-order valence-corrected chi connectivity index (χ2v) is 3.84. The topological polar surface area (TPSA) is 92.7 Å². The molecule has 0 bridgehead atoms. The van der Waals surface area contributed by atoms with E-state index in [1.54, 1.807) is 24.3 Å². The van der Waals surface area contributed by atoms with Crippen LogP contribution in [0.5, 0.6) is 0 Å². The second kappa shape index (κ2) is 7.86. The Kier molecular flexibility index (Phi) is 6.08. The maximum atomic E-state index is 11.4. The van der Waals surface area contributed by atoms with Crippen LogP contribution in [-0.4, -0.2) is 29.5 Å². The number of hydrogen-bond acceptors (Lipinski definition) is 4. The van der Waals surface area contributed by atoms with Crippen LogP contribution in [0.25, 0.3) is 0 Å². The first-order valence-electron chi connectivity index (χ1n) is 5.77. The molecule has 1 rings (SSSR count). The SMILES string of the molecule is O=CCC[C@H](NC(=O)OCc1ccccc1)C(=O)O. The average molecular weight is 265 g/mol. The largest absolute Gasteiger partial charge is 0.480 e. The highest BCUT2D eigenvalue weighted by molar-refractivity contribution is 5.80. The number of carbonyl (C=O) groups is 3. The van der Waals surface area contributed by atoms with Gasteiger partial charge in [-0.1, -0.05) is 30.3 Å². The van der Waals surface area contributed by atoms with Gasteiger partial charge in [-0.25, -0.2) is 9.59 Å². The fourth-order valence-electron chi connectivity index (χ4n) is 1.40. The van der Waals surface area contributed by atoms with Gasteiger partial charge in [-0.05, 0) is 12.0 Å². The van der Waals surface area contributed by atoms with Gasteiger partial charge in [-0.2, -0.15) is 0 Å². The Labute approximate surface area is 110 Å². The zero-order valence-corrected chi connectivity index (χ0v) is 10.2. The molecule has 1 amide bonds. The van der Waals surface area contributed by atoms with Crippen molar-refractivity contribution >= 4 is 18.3 Å². The van der Waals surface area contributed by atoms with Crippen LogP contribution in [0.2, 0.25) is 0 Å². The molecule has 2 N–H and O–H groups in total. The third-order valence-electron chi connectivity index (χ3n) is 2.38. The zero-order chi connectivity index (χ0) is 14.1. The van der Waals surface area contributed by atoms with Gasteiger partial charge in [0.15, 0.2) is 0 Å². The van der Waals surface area contributed by atoms with E-state index < -0.39 is 18.1 Å². The summed E-state index contributed by atoms with van der Waals surface area (Å²) in [5.74, 6) is -1.20. The van der Waals surface area contributed by atoms with Gasteiger partial charge in [-0.15, -0.1) is 0 Å². The van der Waals surface area contributed by atoms with Gasteiger partial charge in [0, 0.05) is 6.42 Å². The minimum Gasteiger partial charge on any atom is -0.480 e. The lowest BCUT2D eigenvalue weighted by molar-refractivity contribution is -0.139. The van der Waals surface area contributed by atoms with Crippen molar-refractivity contribution in [3.05, 3.63) is 35.9 Å². The standard InChI is InChI=1S/C13H15NO5/c15-8-4-7-11(12(16)17)14-13(18)19-9-10-5-2-1-3-6-10/h1-3,5-6,8,11H,4,7,9H2,(H,14,18)(H,16,17)/t11-/m0/s1. The Morgan fingerprint density at radius 3 is 2.58 bits per heavy atom. The molecule has 0 fully saturated rings. The predicted octanol–water partition coefficient (Wildman–Crippen LogP) is 1.35. The Balaban J connectivity index is 2.40. The van der Waals surface area contributed by atoms with E-state index in [0.717, 1.165) is 5.56 Å². The molecule has 6 heteroatoms. The van der Waals surface area contributed by atoms with E-state index in [-0.39, 0.29) is 19.4 Å². The highest BCUT2D eigenvalue weighted by Gasteiger charge is 2.19. The Hall–Kier alpha value is -2.37. The Morgan fingerprint density at radius 1 is 1.32 bits per heavy atom. The number of nitrogens with one attached hydrogen (secondary N) is 1. The number of aliphatic carboxylic acids is 1. The van der Waals surface area contributed by atoms with Crippen molar-refractivity contribution in [3.63, 3.8) is 0 Å². The van der Waals surface area contributed by atoms with Crippen LogP contribution in [0.4, 0.5) is 4.79 Å². The molecule has 0 saturated carbocycles. The summed E-state index contributed by atoms with van der Waals surface area (Å²) in [7, 11) is 0. The van der Waals surface area contributed by atoms with Crippen molar-refractivity contribution in [1.29, 1.82) is 0 Å². The third kappa shape index (κ3) is 5.67. The number of carboxylic acids is 1. The minimum absolute atomic E-state index is 0.0409. The van der Waals surface area contributed by atoms with Gasteiger partial charge in [0.2, 0.25) is 0 Å². The lowest BCUT2D eigenvalue weighted by Crippen LogP contribution is -2.41. The van der Waals surface area contributed by atoms with E-state index in [9.17, 15) is 14.4 Å². The van der Waals surface area contributed by atoms with E-state index in [2.05, 4.69) is 5.32 Å². The van der Waals surface area contributed by atoms with E-state index in [0.29, 0.717) is 6.29 Å². The van der Waals surface area contributed by atoms with E-state index in [1.807, 2.05) is 6.07 Å². The molecule has 0 radical (unpaired) electrons. The van der Waals surface area contributed by atoms with E-state index >= 15 is 0 Å². The Bertz CT molecular complexity index is 432. The van der Waals surface area contributed by atoms with Crippen LogP contribution in [0.1, 0.15) is 18.4 Å². The number of alkyl carbamates (subject to hydrolysis) is 1. The van der Waals surface area contributed by atoms with Crippen molar-refractivity contribution in [2.45, 2.75) is 25.5 Å². The molecule has 102 valence electrons. The molecular weight excluding hydrogens is 250 g/mol. The fraction of sp³-hybridized carbons (Fsp3) is 0.308. The molecule has 1 aromatic rings. The summed E-state index contributed by atoms with van der Waals surface area (Å²) >= 11 is 0. The summed E-state index contributed by atoms with van der Waals surface area (Å²) in [5.41, 5.74) is 0.803. The molecule has 0 unspecified atom stereocenters. The molecule has 0 saturated heterocycles.